The van der Waals surface area contributed by atoms with E-state index in [9.17, 15) is 8.42 Å². The highest BCUT2D eigenvalue weighted by Gasteiger charge is 2.16. The molecular formula is C5H12O3S. The van der Waals surface area contributed by atoms with Crippen LogP contribution in [0.3, 0.4) is 0 Å². The van der Waals surface area contributed by atoms with Crippen molar-refractivity contribution in [3.05, 3.63) is 0 Å². The molecule has 0 aromatic carbocycles. The van der Waals surface area contributed by atoms with Crippen LogP contribution < -0.4 is 0 Å². The lowest BCUT2D eigenvalue weighted by atomic mass is 10.2. The third-order valence-electron chi connectivity index (χ3n) is 0.401. The lowest BCUT2D eigenvalue weighted by molar-refractivity contribution is 0.141. The molecule has 0 fully saturated rings. The molecule has 56 valence electrons. The van der Waals surface area contributed by atoms with E-state index in [0.29, 0.717) is 0 Å². The Bertz CT molecular complexity index is 173. The SMILES string of the molecule is CC(C)(C)OS(C)(=O)=O. The van der Waals surface area contributed by atoms with Gasteiger partial charge >= 0.3 is 0 Å². The molecule has 0 saturated heterocycles. The molecule has 0 bridgehead atoms. The summed E-state index contributed by atoms with van der Waals surface area (Å²) in [7, 11) is -3.28. The summed E-state index contributed by atoms with van der Waals surface area (Å²) in [6, 6.07) is 0. The van der Waals surface area contributed by atoms with Gasteiger partial charge in [0.1, 0.15) is 0 Å². The summed E-state index contributed by atoms with van der Waals surface area (Å²) in [5, 5.41) is 0. The Labute approximate surface area is 56.1 Å². The predicted octanol–water partition coefficient (Wildman–Crippen LogP) is 0.761. The van der Waals surface area contributed by atoms with Gasteiger partial charge in [-0.3, -0.25) is 4.18 Å². The maximum absolute atomic E-state index is 10.4. The number of hydrogen-bond donors (Lipinski definition) is 0. The van der Waals surface area contributed by atoms with Crippen LogP contribution in [0, 0.1) is 0 Å². The van der Waals surface area contributed by atoms with Crippen molar-refractivity contribution in [3.63, 3.8) is 0 Å². The predicted molar refractivity (Wildman–Crippen MR) is 35.7 cm³/mol. The third-order valence-corrected chi connectivity index (χ3v) is 1.20. The monoisotopic (exact) mass is 152 g/mol. The van der Waals surface area contributed by atoms with E-state index in [1.807, 2.05) is 0 Å². The van der Waals surface area contributed by atoms with Crippen molar-refractivity contribution < 1.29 is 12.6 Å². The Morgan fingerprint density at radius 1 is 1.22 bits per heavy atom. The van der Waals surface area contributed by atoms with E-state index in [-0.39, 0.29) is 0 Å². The summed E-state index contributed by atoms with van der Waals surface area (Å²) < 4.78 is 25.4. The van der Waals surface area contributed by atoms with Crippen LogP contribution in [0.4, 0.5) is 0 Å². The minimum absolute atomic E-state index is 0.604. The van der Waals surface area contributed by atoms with E-state index < -0.39 is 15.7 Å². The molecule has 0 heterocycles. The summed E-state index contributed by atoms with van der Waals surface area (Å²) in [5.41, 5.74) is -0.604. The molecule has 0 amide bonds. The fourth-order valence-corrected chi connectivity index (χ4v) is 1.36. The molecule has 0 N–H and O–H groups in total. The third kappa shape index (κ3) is 7.91. The van der Waals surface area contributed by atoms with Gasteiger partial charge in [0.15, 0.2) is 0 Å². The molecule has 0 atom stereocenters. The molecule has 4 heteroatoms. The molecule has 0 radical (unpaired) electrons. The summed E-state index contributed by atoms with van der Waals surface area (Å²) in [6.07, 6.45) is 1.04. The van der Waals surface area contributed by atoms with Crippen LogP contribution in [-0.4, -0.2) is 20.3 Å². The van der Waals surface area contributed by atoms with E-state index in [2.05, 4.69) is 4.18 Å². The molecule has 0 rings (SSSR count). The fourth-order valence-electron chi connectivity index (χ4n) is 0.454. The van der Waals surface area contributed by atoms with Gasteiger partial charge in [-0.15, -0.1) is 0 Å². The first-order valence-corrected chi connectivity index (χ1v) is 4.43. The van der Waals surface area contributed by atoms with Gasteiger partial charge in [0.2, 0.25) is 0 Å². The average molecular weight is 152 g/mol. The standard InChI is InChI=1S/C5H12O3S/c1-5(2,3)8-9(4,6)7/h1-4H3. The topological polar surface area (TPSA) is 43.4 Å². The van der Waals surface area contributed by atoms with Crippen molar-refractivity contribution in [2.75, 3.05) is 6.26 Å². The van der Waals surface area contributed by atoms with Crippen molar-refractivity contribution in [3.8, 4) is 0 Å². The second-order valence-corrected chi connectivity index (χ2v) is 4.47. The van der Waals surface area contributed by atoms with Gasteiger partial charge in [-0.1, -0.05) is 0 Å². The van der Waals surface area contributed by atoms with Crippen molar-refractivity contribution >= 4 is 10.1 Å². The van der Waals surface area contributed by atoms with Crippen LogP contribution in [0.5, 0.6) is 0 Å². The summed E-state index contributed by atoms with van der Waals surface area (Å²) in [6.45, 7) is 5.07. The van der Waals surface area contributed by atoms with Crippen molar-refractivity contribution in [2.24, 2.45) is 0 Å². The molecule has 0 aliphatic carbocycles. The Morgan fingerprint density at radius 2 is 1.56 bits per heavy atom. The van der Waals surface area contributed by atoms with Gasteiger partial charge in [-0.05, 0) is 20.8 Å². The normalized spacial score (nSPS) is 13.8. The first-order valence-electron chi connectivity index (χ1n) is 2.61. The molecule has 0 aromatic heterocycles. The molecule has 3 nitrogen and oxygen atoms in total. The maximum atomic E-state index is 10.4. The number of hydrogen-bond acceptors (Lipinski definition) is 3. The fraction of sp³-hybridized carbons (Fsp3) is 1.00. The van der Waals surface area contributed by atoms with Gasteiger partial charge in [0.25, 0.3) is 10.1 Å². The van der Waals surface area contributed by atoms with Crippen LogP contribution in [0.15, 0.2) is 0 Å². The van der Waals surface area contributed by atoms with E-state index in [0.717, 1.165) is 6.26 Å². The minimum atomic E-state index is -3.28. The molecule has 0 spiro atoms. The molecular weight excluding hydrogens is 140 g/mol. The first kappa shape index (κ1) is 8.91. The molecule has 0 aliphatic rings. The Balaban J connectivity index is 4.07. The van der Waals surface area contributed by atoms with E-state index in [1.54, 1.807) is 20.8 Å². The molecule has 0 aliphatic heterocycles. The molecule has 0 aromatic rings. The van der Waals surface area contributed by atoms with E-state index in [4.69, 9.17) is 0 Å². The Hall–Kier alpha value is -0.0900. The minimum Gasteiger partial charge on any atom is -0.265 e. The lowest BCUT2D eigenvalue weighted by Crippen LogP contribution is -2.22. The van der Waals surface area contributed by atoms with Crippen molar-refractivity contribution in [2.45, 2.75) is 26.4 Å². The Morgan fingerprint density at radius 3 is 1.56 bits per heavy atom. The first-order chi connectivity index (χ1) is 3.71. The highest BCUT2D eigenvalue weighted by Crippen LogP contribution is 2.09. The highest BCUT2D eigenvalue weighted by atomic mass is 32.2. The van der Waals surface area contributed by atoms with Crippen LogP contribution >= 0.6 is 0 Å². The van der Waals surface area contributed by atoms with Gasteiger partial charge in [0, 0.05) is 0 Å². The van der Waals surface area contributed by atoms with Crippen LogP contribution in [-0.2, 0) is 14.3 Å². The lowest BCUT2D eigenvalue weighted by Gasteiger charge is -2.16. The molecule has 0 unspecified atom stereocenters. The van der Waals surface area contributed by atoms with E-state index >= 15 is 0 Å². The zero-order valence-corrected chi connectivity index (χ0v) is 6.95. The van der Waals surface area contributed by atoms with Gasteiger partial charge in [-0.2, -0.15) is 8.42 Å². The van der Waals surface area contributed by atoms with Crippen molar-refractivity contribution in [1.29, 1.82) is 0 Å². The van der Waals surface area contributed by atoms with Gasteiger partial charge < -0.3 is 0 Å². The van der Waals surface area contributed by atoms with Gasteiger partial charge in [-0.25, -0.2) is 0 Å². The van der Waals surface area contributed by atoms with Crippen LogP contribution in [0.25, 0.3) is 0 Å². The van der Waals surface area contributed by atoms with Gasteiger partial charge in [0.05, 0.1) is 11.9 Å². The van der Waals surface area contributed by atoms with Crippen LogP contribution in [0.2, 0.25) is 0 Å². The molecule has 9 heavy (non-hydrogen) atoms. The average Bonchev–Trinajstić information content (AvgIpc) is 1.14. The second-order valence-electron chi connectivity index (χ2n) is 2.90. The molecule has 0 saturated carbocycles. The summed E-state index contributed by atoms with van der Waals surface area (Å²) in [4.78, 5) is 0. The van der Waals surface area contributed by atoms with Crippen LogP contribution in [0.1, 0.15) is 20.8 Å². The second kappa shape index (κ2) is 2.27. The summed E-state index contributed by atoms with van der Waals surface area (Å²) in [5.74, 6) is 0. The largest absolute Gasteiger partial charge is 0.265 e. The Kier molecular flexibility index (Phi) is 2.24. The number of rotatable bonds is 1. The maximum Gasteiger partial charge on any atom is 0.264 e. The van der Waals surface area contributed by atoms with E-state index in [1.165, 1.54) is 0 Å². The zero-order chi connectivity index (χ0) is 7.71. The van der Waals surface area contributed by atoms with Crippen molar-refractivity contribution in [1.82, 2.24) is 0 Å². The highest BCUT2D eigenvalue weighted by molar-refractivity contribution is 7.86. The smallest absolute Gasteiger partial charge is 0.264 e. The zero-order valence-electron chi connectivity index (χ0n) is 6.13. The quantitative estimate of drug-likeness (QED) is 0.521. The summed E-state index contributed by atoms with van der Waals surface area (Å²) >= 11 is 0.